The van der Waals surface area contributed by atoms with Crippen LogP contribution in [0.4, 0.5) is 10.5 Å². The van der Waals surface area contributed by atoms with Crippen LogP contribution in [0.15, 0.2) is 24.3 Å². The molecule has 0 bridgehead atoms. The van der Waals surface area contributed by atoms with Crippen molar-refractivity contribution in [2.75, 3.05) is 4.90 Å². The van der Waals surface area contributed by atoms with Gasteiger partial charge in [-0.05, 0) is 30.2 Å². The monoisotopic (exact) mass is 387 g/mol. The van der Waals surface area contributed by atoms with Crippen molar-refractivity contribution in [2.45, 2.75) is 23.1 Å². The Morgan fingerprint density at radius 1 is 1.24 bits per heavy atom. The van der Waals surface area contributed by atoms with Gasteiger partial charge in [-0.3, -0.25) is 4.90 Å². The second-order valence-electron chi connectivity index (χ2n) is 4.78. The number of hydrazine groups is 1. The molecule has 0 aliphatic carbocycles. The lowest BCUT2D eigenvalue weighted by Crippen LogP contribution is -2.41. The molecule has 1 N–H and O–H groups in total. The van der Waals surface area contributed by atoms with Crippen molar-refractivity contribution in [2.24, 2.45) is 5.92 Å². The smallest absolute Gasteiger partial charge is 0.275 e. The van der Waals surface area contributed by atoms with E-state index in [4.69, 9.17) is 46.4 Å². The molecule has 1 heterocycles. The first-order valence-electron chi connectivity index (χ1n) is 6.10. The maximum atomic E-state index is 12.5. The second-order valence-corrected chi connectivity index (χ2v) is 9.33. The van der Waals surface area contributed by atoms with Gasteiger partial charge < -0.3 is 0 Å². The Morgan fingerprint density at radius 2 is 1.81 bits per heavy atom. The number of halogens is 4. The van der Waals surface area contributed by atoms with Gasteiger partial charge in [0.05, 0.1) is 0 Å². The topological polar surface area (TPSA) is 35.6 Å². The predicted molar refractivity (Wildman–Crippen MR) is 90.8 cm³/mol. The molecule has 1 unspecified atom stereocenters. The highest BCUT2D eigenvalue weighted by atomic mass is 35.6. The molecule has 0 radical (unpaired) electrons. The van der Waals surface area contributed by atoms with E-state index in [-0.39, 0.29) is 18.1 Å². The Kier molecular flexibility index (Phi) is 5.45. The van der Waals surface area contributed by atoms with Crippen molar-refractivity contribution in [3.05, 3.63) is 29.3 Å². The lowest BCUT2D eigenvalue weighted by molar-refractivity contribution is 0.235. The van der Waals surface area contributed by atoms with Crippen molar-refractivity contribution in [1.82, 2.24) is 9.84 Å². The second kappa shape index (κ2) is 6.60. The van der Waals surface area contributed by atoms with Gasteiger partial charge in [0.15, 0.2) is 0 Å². The zero-order chi connectivity index (χ0) is 15.8. The van der Waals surface area contributed by atoms with E-state index < -0.39 is 3.12 Å². The fourth-order valence-corrected chi connectivity index (χ4v) is 3.22. The van der Waals surface area contributed by atoms with Crippen molar-refractivity contribution < 1.29 is 4.79 Å². The minimum atomic E-state index is -1.62. The number of hydrogen-bond donors (Lipinski definition) is 1. The summed E-state index contributed by atoms with van der Waals surface area (Å²) in [6.45, 7) is 3.99. The molecule has 0 saturated carbocycles. The molecule has 0 aromatic heterocycles. The first-order chi connectivity index (χ1) is 9.69. The number of benzene rings is 1. The largest absolute Gasteiger partial charge is 0.350 e. The Balaban J connectivity index is 2.29. The lowest BCUT2D eigenvalue weighted by atomic mass is 10.1. The quantitative estimate of drug-likeness (QED) is 0.581. The molecule has 1 aliphatic heterocycles. The predicted octanol–water partition coefficient (Wildman–Crippen LogP) is 5.04. The maximum Gasteiger partial charge on any atom is 0.350 e. The van der Waals surface area contributed by atoms with Gasteiger partial charge in [-0.15, -0.1) is 0 Å². The molecular formula is C12H13Cl4N3OS. The lowest BCUT2D eigenvalue weighted by Gasteiger charge is -2.25. The first kappa shape index (κ1) is 17.3. The highest BCUT2D eigenvalue weighted by Gasteiger charge is 2.43. The number of alkyl halides is 3. The number of anilines is 1. The summed E-state index contributed by atoms with van der Waals surface area (Å²) in [5.41, 5.74) is 3.77. The number of rotatable bonds is 3. The van der Waals surface area contributed by atoms with Crippen molar-refractivity contribution in [3.63, 3.8) is 0 Å². The summed E-state index contributed by atoms with van der Waals surface area (Å²) >= 11 is 23.9. The number of amides is 2. The number of hydrogen-bond acceptors (Lipinski definition) is 3. The first-order valence-corrected chi connectivity index (χ1v) is 8.38. The number of nitrogens with zero attached hydrogens (tertiary/aromatic N) is 2. The molecule has 116 valence electrons. The molecule has 1 aliphatic rings. The fourth-order valence-electron chi connectivity index (χ4n) is 1.94. The van der Waals surface area contributed by atoms with E-state index in [0.717, 1.165) is 17.6 Å². The number of carbonyl (C=O) groups excluding carboxylic acids is 1. The summed E-state index contributed by atoms with van der Waals surface area (Å²) in [6.07, 6.45) is -0.237. The molecule has 2 amide bonds. The number of nitrogens with one attached hydrogen (secondary N) is 1. The molecule has 1 atom stereocenters. The molecule has 1 aromatic carbocycles. The Morgan fingerprint density at radius 3 is 2.29 bits per heavy atom. The van der Waals surface area contributed by atoms with E-state index >= 15 is 0 Å². The highest BCUT2D eigenvalue weighted by molar-refractivity contribution is 8.03. The average Bonchev–Trinajstić information content (AvgIpc) is 2.66. The molecule has 4 nitrogen and oxygen atoms in total. The van der Waals surface area contributed by atoms with E-state index in [0.29, 0.717) is 5.02 Å². The summed E-state index contributed by atoms with van der Waals surface area (Å²) in [6, 6.07) is 6.72. The van der Waals surface area contributed by atoms with E-state index in [1.165, 1.54) is 4.41 Å². The van der Waals surface area contributed by atoms with Gasteiger partial charge in [-0.2, -0.15) is 9.84 Å². The fraction of sp³-hybridized carbons (Fsp3) is 0.417. The van der Waals surface area contributed by atoms with Crippen LogP contribution in [0.3, 0.4) is 0 Å². The molecule has 2 rings (SSSR count). The normalized spacial score (nSPS) is 19.8. The third-order valence-electron chi connectivity index (χ3n) is 2.84. The average molecular weight is 389 g/mol. The van der Waals surface area contributed by atoms with Gasteiger partial charge in [-0.1, -0.05) is 60.3 Å². The Hall–Kier alpha value is -0.0400. The van der Waals surface area contributed by atoms with E-state index in [9.17, 15) is 4.79 Å². The molecule has 1 fully saturated rings. The van der Waals surface area contributed by atoms with Gasteiger partial charge >= 0.3 is 6.03 Å². The zero-order valence-electron chi connectivity index (χ0n) is 11.2. The van der Waals surface area contributed by atoms with Gasteiger partial charge in [0.25, 0.3) is 3.12 Å². The van der Waals surface area contributed by atoms with E-state index in [1.54, 1.807) is 29.2 Å². The van der Waals surface area contributed by atoms with Crippen LogP contribution in [0.5, 0.6) is 0 Å². The highest BCUT2D eigenvalue weighted by Crippen LogP contribution is 2.42. The van der Waals surface area contributed by atoms with Crippen LogP contribution < -0.4 is 10.3 Å². The minimum Gasteiger partial charge on any atom is -0.275 e. The standard InChI is InChI=1S/C12H13Cl4N3OS/c1-7(2)10-17-19(21-12(14,15)16)11(20)18(10)9-5-3-8(13)4-6-9/h3-7,10,17H,1-2H3. The summed E-state index contributed by atoms with van der Waals surface area (Å²) in [4.78, 5) is 14.2. The van der Waals surface area contributed by atoms with Crippen LogP contribution in [-0.2, 0) is 0 Å². The summed E-state index contributed by atoms with van der Waals surface area (Å²) < 4.78 is -0.382. The van der Waals surface area contributed by atoms with Crippen molar-refractivity contribution in [3.8, 4) is 0 Å². The van der Waals surface area contributed by atoms with Gasteiger partial charge in [0.2, 0.25) is 0 Å². The van der Waals surface area contributed by atoms with Gasteiger partial charge in [0.1, 0.15) is 6.17 Å². The van der Waals surface area contributed by atoms with Crippen LogP contribution >= 0.6 is 58.4 Å². The van der Waals surface area contributed by atoms with Crippen LogP contribution in [0.25, 0.3) is 0 Å². The molecule has 0 spiro atoms. The number of carbonyl (C=O) groups is 1. The third-order valence-corrected chi connectivity index (χ3v) is 4.36. The summed E-state index contributed by atoms with van der Waals surface area (Å²) in [7, 11) is 0. The molecule has 1 aromatic rings. The molecular weight excluding hydrogens is 376 g/mol. The van der Waals surface area contributed by atoms with E-state index in [1.807, 2.05) is 13.8 Å². The Labute approximate surface area is 147 Å². The SMILES string of the molecule is CC(C)C1NN(SC(Cl)(Cl)Cl)C(=O)N1c1ccc(Cl)cc1. The van der Waals surface area contributed by atoms with Gasteiger partial charge in [0, 0.05) is 22.7 Å². The molecule has 21 heavy (non-hydrogen) atoms. The van der Waals surface area contributed by atoms with Crippen LogP contribution in [0.1, 0.15) is 13.8 Å². The van der Waals surface area contributed by atoms with E-state index in [2.05, 4.69) is 5.43 Å². The molecule has 1 saturated heterocycles. The molecule has 9 heteroatoms. The summed E-state index contributed by atoms with van der Waals surface area (Å²) in [5, 5.41) is 0.604. The Bertz CT molecular complexity index is 520. The maximum absolute atomic E-state index is 12.5. The van der Waals surface area contributed by atoms with Crippen LogP contribution in [-0.4, -0.2) is 19.7 Å². The van der Waals surface area contributed by atoms with Crippen LogP contribution in [0, 0.1) is 5.92 Å². The number of urea groups is 1. The van der Waals surface area contributed by atoms with Crippen molar-refractivity contribution in [1.29, 1.82) is 0 Å². The minimum absolute atomic E-state index is 0.158. The third kappa shape index (κ3) is 4.24. The van der Waals surface area contributed by atoms with Gasteiger partial charge in [-0.25, -0.2) is 4.79 Å². The van der Waals surface area contributed by atoms with Crippen molar-refractivity contribution >= 4 is 70.1 Å². The zero-order valence-corrected chi connectivity index (χ0v) is 15.0. The summed E-state index contributed by atoms with van der Waals surface area (Å²) in [5.74, 6) is 0.158. The van der Waals surface area contributed by atoms with Crippen LogP contribution in [0.2, 0.25) is 5.02 Å².